The highest BCUT2D eigenvalue weighted by Gasteiger charge is 2.28. The van der Waals surface area contributed by atoms with Gasteiger partial charge < -0.3 is 9.80 Å². The molecule has 0 aromatic heterocycles. The van der Waals surface area contributed by atoms with Crippen molar-refractivity contribution in [1.82, 2.24) is 0 Å². The number of benzene rings is 4. The molecule has 0 saturated carbocycles. The van der Waals surface area contributed by atoms with Crippen LogP contribution < -0.4 is 9.80 Å². The zero-order valence-electron chi connectivity index (χ0n) is 27.1. The van der Waals surface area contributed by atoms with Crippen molar-refractivity contribution in [3.8, 4) is 0 Å². The molecule has 1 aliphatic carbocycles. The molecule has 0 radical (unpaired) electrons. The summed E-state index contributed by atoms with van der Waals surface area (Å²) in [7, 11) is -1.55. The summed E-state index contributed by atoms with van der Waals surface area (Å²) in [5, 5.41) is 0. The minimum absolute atomic E-state index is 0.168. The third-order valence-electron chi connectivity index (χ3n) is 7.99. The molecule has 0 spiro atoms. The first-order valence-corrected chi connectivity index (χ1v) is 18.0. The van der Waals surface area contributed by atoms with Crippen LogP contribution in [0.1, 0.15) is 22.3 Å². The van der Waals surface area contributed by atoms with Crippen molar-refractivity contribution < 1.29 is 30.5 Å². The maximum Gasteiger partial charge on any atom is 0.301 e. The van der Waals surface area contributed by atoms with E-state index in [0.29, 0.717) is 29.9 Å². The topological polar surface area (TPSA) is 118 Å². The largest absolute Gasteiger partial charge is 0.378 e. The molecule has 2 N–H and O–H groups in total. The van der Waals surface area contributed by atoms with Crippen molar-refractivity contribution in [1.29, 1.82) is 0 Å². The van der Waals surface area contributed by atoms with E-state index in [0.717, 1.165) is 33.6 Å². The van der Waals surface area contributed by atoms with Crippen LogP contribution in [0.2, 0.25) is 0 Å². The van der Waals surface area contributed by atoms with Gasteiger partial charge in [0, 0.05) is 44.6 Å². The average molecular weight is 685 g/mol. The van der Waals surface area contributed by atoms with E-state index in [2.05, 4.69) is 4.90 Å². The highest BCUT2D eigenvalue weighted by Crippen LogP contribution is 2.34. The predicted octanol–water partition coefficient (Wildman–Crippen LogP) is 6.06. The Morgan fingerprint density at radius 1 is 0.667 bits per heavy atom. The van der Waals surface area contributed by atoms with Crippen molar-refractivity contribution in [2.45, 2.75) is 18.0 Å². The molecular formula is C37H38N3O6S2+. The van der Waals surface area contributed by atoms with Crippen LogP contribution in [0.25, 0.3) is 5.57 Å². The van der Waals surface area contributed by atoms with Crippen LogP contribution in [0.3, 0.4) is 0 Å². The van der Waals surface area contributed by atoms with Crippen LogP contribution >= 0.6 is 0 Å². The van der Waals surface area contributed by atoms with Gasteiger partial charge in [-0.2, -0.15) is 16.8 Å². The van der Waals surface area contributed by atoms with E-state index in [1.807, 2.05) is 110 Å². The smallest absolute Gasteiger partial charge is 0.301 e. The van der Waals surface area contributed by atoms with Crippen LogP contribution in [-0.4, -0.2) is 64.4 Å². The molecule has 9 nitrogen and oxygen atoms in total. The molecule has 248 valence electrons. The highest BCUT2D eigenvalue weighted by atomic mass is 32.2. The zero-order valence-corrected chi connectivity index (χ0v) is 28.8. The van der Waals surface area contributed by atoms with E-state index in [1.165, 1.54) is 18.2 Å². The molecular weight excluding hydrogens is 647 g/mol. The van der Waals surface area contributed by atoms with Gasteiger partial charge in [-0.15, -0.1) is 0 Å². The van der Waals surface area contributed by atoms with E-state index in [-0.39, 0.29) is 9.80 Å². The summed E-state index contributed by atoms with van der Waals surface area (Å²) in [6.07, 6.45) is 5.03. The lowest BCUT2D eigenvalue weighted by Gasteiger charge is -2.26. The van der Waals surface area contributed by atoms with Crippen LogP contribution in [0.5, 0.6) is 0 Å². The first-order valence-electron chi connectivity index (χ1n) is 15.1. The number of hydrogen-bond donors (Lipinski definition) is 2. The number of hydrogen-bond acceptors (Lipinski definition) is 6. The Kier molecular flexibility index (Phi) is 10.2. The SMILES string of the molecule is CN(C)c1ccc(/C(=C2/C=CC(=[N+](C)C)C(S(=O)(=O)O)=C2)c2ccc(N(Cc3ccccc3)Cc3cccc(S(=O)(=O)O)c3)cc2)cc1. The lowest BCUT2D eigenvalue weighted by Crippen LogP contribution is -2.22. The van der Waals surface area contributed by atoms with Crippen molar-refractivity contribution in [2.75, 3.05) is 38.0 Å². The summed E-state index contributed by atoms with van der Waals surface area (Å²) in [6.45, 7) is 0.895. The van der Waals surface area contributed by atoms with Gasteiger partial charge in [-0.25, -0.2) is 4.58 Å². The second-order valence-electron chi connectivity index (χ2n) is 11.9. The number of allylic oxidation sites excluding steroid dienone is 5. The molecule has 0 unspecified atom stereocenters. The normalized spacial score (nSPS) is 14.4. The first kappa shape index (κ1) is 34.5. The maximum absolute atomic E-state index is 12.5. The van der Waals surface area contributed by atoms with Gasteiger partial charge in [-0.05, 0) is 82.0 Å². The third kappa shape index (κ3) is 8.18. The minimum atomic E-state index is -4.53. The Bertz CT molecular complexity index is 2150. The third-order valence-corrected chi connectivity index (χ3v) is 9.72. The Labute approximate surface area is 282 Å². The number of nitrogens with zero attached hydrogens (tertiary/aromatic N) is 3. The second kappa shape index (κ2) is 14.1. The van der Waals surface area contributed by atoms with Crippen molar-refractivity contribution in [3.05, 3.63) is 154 Å². The van der Waals surface area contributed by atoms with E-state index in [4.69, 9.17) is 0 Å². The minimum Gasteiger partial charge on any atom is -0.378 e. The highest BCUT2D eigenvalue weighted by molar-refractivity contribution is 7.91. The van der Waals surface area contributed by atoms with Gasteiger partial charge in [-0.3, -0.25) is 9.11 Å². The molecule has 4 aromatic rings. The second-order valence-corrected chi connectivity index (χ2v) is 14.7. The molecule has 0 saturated heterocycles. The molecule has 4 aromatic carbocycles. The number of rotatable bonds is 10. The summed E-state index contributed by atoms with van der Waals surface area (Å²) in [5.74, 6) is 0. The Balaban J connectivity index is 1.62. The van der Waals surface area contributed by atoms with Gasteiger partial charge in [0.1, 0.15) is 14.1 Å². The van der Waals surface area contributed by atoms with Gasteiger partial charge in [-0.1, -0.05) is 66.7 Å². The first-order chi connectivity index (χ1) is 22.7. The fraction of sp³-hybridized carbons (Fsp3) is 0.162. The van der Waals surface area contributed by atoms with Gasteiger partial charge in [0.25, 0.3) is 10.1 Å². The van der Waals surface area contributed by atoms with Gasteiger partial charge in [0.05, 0.1) is 4.90 Å². The van der Waals surface area contributed by atoms with Crippen molar-refractivity contribution >= 4 is 42.9 Å². The van der Waals surface area contributed by atoms with Gasteiger partial charge in [0.2, 0.25) is 5.71 Å². The van der Waals surface area contributed by atoms with E-state index in [1.54, 1.807) is 30.8 Å². The standard InChI is InChI=1S/C37H37N3O6S2/c1-38(2)32-18-13-29(14-19-32)37(31-17-22-35(39(3)4)36(24-31)48(44,45)46)30-15-20-33(21-16-30)40(25-27-9-6-5-7-10-27)26-28-11-8-12-34(23-28)47(41,42)43/h5-24H,25-26H2,1-4H3,(H-,41,42,43,44,45,46)/p+1. The summed E-state index contributed by atoms with van der Waals surface area (Å²) < 4.78 is 70.0. The predicted molar refractivity (Wildman–Crippen MR) is 192 cm³/mol. The monoisotopic (exact) mass is 684 g/mol. The fourth-order valence-corrected chi connectivity index (χ4v) is 6.92. The fourth-order valence-electron chi connectivity index (χ4n) is 5.58. The molecule has 11 heteroatoms. The Morgan fingerprint density at radius 3 is 1.77 bits per heavy atom. The quantitative estimate of drug-likeness (QED) is 0.153. The van der Waals surface area contributed by atoms with Crippen LogP contribution in [0, 0.1) is 0 Å². The molecule has 48 heavy (non-hydrogen) atoms. The maximum atomic E-state index is 12.5. The Morgan fingerprint density at radius 2 is 1.23 bits per heavy atom. The molecule has 0 atom stereocenters. The Hall–Kier alpha value is -4.81. The zero-order chi connectivity index (χ0) is 34.6. The molecule has 5 rings (SSSR count). The lowest BCUT2D eigenvalue weighted by atomic mass is 9.90. The van der Waals surface area contributed by atoms with Crippen LogP contribution in [0.4, 0.5) is 11.4 Å². The molecule has 1 aliphatic rings. The van der Waals surface area contributed by atoms with Crippen molar-refractivity contribution in [2.24, 2.45) is 0 Å². The summed E-state index contributed by atoms with van der Waals surface area (Å²) in [4.78, 5) is 3.74. The molecule has 0 bridgehead atoms. The van der Waals surface area contributed by atoms with Crippen LogP contribution in [-0.2, 0) is 33.3 Å². The average Bonchev–Trinajstić information content (AvgIpc) is 3.05. The van der Waals surface area contributed by atoms with E-state index < -0.39 is 20.2 Å². The molecule has 0 fully saturated rings. The van der Waals surface area contributed by atoms with Gasteiger partial charge >= 0.3 is 10.1 Å². The van der Waals surface area contributed by atoms with Crippen molar-refractivity contribution in [3.63, 3.8) is 0 Å². The van der Waals surface area contributed by atoms with E-state index in [9.17, 15) is 25.9 Å². The molecule has 0 heterocycles. The summed E-state index contributed by atoms with van der Waals surface area (Å²) in [6, 6.07) is 31.9. The van der Waals surface area contributed by atoms with Gasteiger partial charge in [0.15, 0.2) is 4.91 Å². The summed E-state index contributed by atoms with van der Waals surface area (Å²) in [5.41, 5.74) is 7.07. The summed E-state index contributed by atoms with van der Waals surface area (Å²) >= 11 is 0. The van der Waals surface area contributed by atoms with E-state index >= 15 is 0 Å². The number of anilines is 2. The molecule has 0 aliphatic heterocycles. The van der Waals surface area contributed by atoms with Crippen LogP contribution in [0.15, 0.2) is 137 Å². The lowest BCUT2D eigenvalue weighted by molar-refractivity contribution is -0.462. The molecule has 0 amide bonds.